The van der Waals surface area contributed by atoms with Crippen LogP contribution in [0.2, 0.25) is 0 Å². The van der Waals surface area contributed by atoms with E-state index < -0.39 is 0 Å². The van der Waals surface area contributed by atoms with Crippen molar-refractivity contribution < 1.29 is 4.79 Å². The molecule has 0 aromatic heterocycles. The van der Waals surface area contributed by atoms with Crippen LogP contribution in [0.1, 0.15) is 6.92 Å². The van der Waals surface area contributed by atoms with Gasteiger partial charge in [-0.25, -0.2) is 5.32 Å². The monoisotopic (exact) mass is 113 g/mol. The molecule has 1 aliphatic rings. The third-order valence-corrected chi connectivity index (χ3v) is 1.11. The van der Waals surface area contributed by atoms with E-state index in [1.54, 1.807) is 0 Å². The number of hydrogen-bond donors (Lipinski definition) is 1. The average molecular weight is 113 g/mol. The first-order valence-electron chi connectivity index (χ1n) is 2.69. The van der Waals surface area contributed by atoms with Crippen molar-refractivity contribution in [2.75, 3.05) is 13.1 Å². The van der Waals surface area contributed by atoms with Crippen LogP contribution in [0.25, 0.3) is 0 Å². The van der Waals surface area contributed by atoms with E-state index >= 15 is 0 Å². The minimum atomic E-state index is 0.0462. The molecule has 0 saturated carbocycles. The van der Waals surface area contributed by atoms with E-state index in [0.717, 1.165) is 13.1 Å². The number of rotatable bonds is 1. The molecule has 1 fully saturated rings. The fourth-order valence-electron chi connectivity index (χ4n) is 0.637. The van der Waals surface area contributed by atoms with Crippen LogP contribution in [0.15, 0.2) is 0 Å². The lowest BCUT2D eigenvalue weighted by Gasteiger charge is -2.25. The zero-order chi connectivity index (χ0) is 5.98. The summed E-state index contributed by atoms with van der Waals surface area (Å²) in [5.74, 6) is 0.0462. The molecule has 1 N–H and O–H groups in total. The van der Waals surface area contributed by atoms with Gasteiger partial charge in [0.15, 0.2) is 0 Å². The number of hydrogen-bond acceptors (Lipinski definition) is 1. The second-order valence-corrected chi connectivity index (χ2v) is 1.99. The lowest BCUT2D eigenvalue weighted by Crippen LogP contribution is -2.52. The van der Waals surface area contributed by atoms with E-state index in [-0.39, 0.29) is 5.91 Å². The van der Waals surface area contributed by atoms with Crippen LogP contribution in [0.4, 0.5) is 0 Å². The Labute approximate surface area is 48.5 Å². The van der Waals surface area contributed by atoms with E-state index in [1.165, 1.54) is 6.92 Å². The molecule has 1 rings (SSSR count). The molecule has 0 spiro atoms. The molecule has 1 radical (unpaired) electrons. The molecule has 1 amide bonds. The molecule has 0 bridgehead atoms. The maximum absolute atomic E-state index is 10.3. The highest BCUT2D eigenvalue weighted by Crippen LogP contribution is 1.91. The minimum absolute atomic E-state index is 0.0462. The molecule has 0 aromatic carbocycles. The van der Waals surface area contributed by atoms with Crippen LogP contribution in [0.5, 0.6) is 0 Å². The standard InChI is InChI=1S/C5H9N2O/c1-4(8)7-5-2-6-3-5/h5H,2-3H2,1H3,(H,7,8). The number of nitrogens with zero attached hydrogens (tertiary/aromatic N) is 1. The summed E-state index contributed by atoms with van der Waals surface area (Å²) in [7, 11) is 0. The highest BCUT2D eigenvalue weighted by atomic mass is 16.1. The highest BCUT2D eigenvalue weighted by molar-refractivity contribution is 5.73. The molecule has 45 valence electrons. The number of carbonyl (C=O) groups is 1. The van der Waals surface area contributed by atoms with Crippen LogP contribution < -0.4 is 10.6 Å². The van der Waals surface area contributed by atoms with Gasteiger partial charge in [0.05, 0.1) is 6.04 Å². The Balaban J connectivity index is 2.09. The molecule has 0 aliphatic carbocycles. The molecule has 1 heterocycles. The van der Waals surface area contributed by atoms with Gasteiger partial charge in [-0.3, -0.25) is 4.79 Å². The van der Waals surface area contributed by atoms with Crippen molar-refractivity contribution in [1.29, 1.82) is 0 Å². The average Bonchev–Trinajstić information content (AvgIpc) is 1.55. The van der Waals surface area contributed by atoms with Crippen molar-refractivity contribution in [1.82, 2.24) is 10.6 Å². The maximum atomic E-state index is 10.3. The number of carbonyl (C=O) groups excluding carboxylic acids is 1. The zero-order valence-electron chi connectivity index (χ0n) is 4.85. The van der Waals surface area contributed by atoms with E-state index in [9.17, 15) is 4.79 Å². The van der Waals surface area contributed by atoms with Gasteiger partial charge in [-0.2, -0.15) is 0 Å². The van der Waals surface area contributed by atoms with Gasteiger partial charge in [0.2, 0.25) is 5.91 Å². The fourth-order valence-corrected chi connectivity index (χ4v) is 0.637. The summed E-state index contributed by atoms with van der Waals surface area (Å²) < 4.78 is 0. The van der Waals surface area contributed by atoms with Crippen molar-refractivity contribution in [3.05, 3.63) is 0 Å². The van der Waals surface area contributed by atoms with Gasteiger partial charge in [0.1, 0.15) is 0 Å². The zero-order valence-corrected chi connectivity index (χ0v) is 4.85. The lowest BCUT2D eigenvalue weighted by atomic mass is 10.2. The van der Waals surface area contributed by atoms with Crippen LogP contribution >= 0.6 is 0 Å². The Hall–Kier alpha value is -0.570. The number of nitrogens with one attached hydrogen (secondary N) is 1. The van der Waals surface area contributed by atoms with Gasteiger partial charge in [-0.05, 0) is 0 Å². The summed E-state index contributed by atoms with van der Waals surface area (Å²) >= 11 is 0. The molecule has 0 atom stereocenters. The largest absolute Gasteiger partial charge is 0.351 e. The van der Waals surface area contributed by atoms with Crippen molar-refractivity contribution in [3.8, 4) is 0 Å². The fraction of sp³-hybridized carbons (Fsp3) is 0.800. The van der Waals surface area contributed by atoms with Gasteiger partial charge in [-0.15, -0.1) is 0 Å². The summed E-state index contributed by atoms with van der Waals surface area (Å²) in [6, 6.07) is 0.340. The van der Waals surface area contributed by atoms with E-state index in [0.29, 0.717) is 6.04 Å². The van der Waals surface area contributed by atoms with Crippen molar-refractivity contribution in [2.24, 2.45) is 0 Å². The number of amides is 1. The molecule has 1 saturated heterocycles. The Morgan fingerprint density at radius 1 is 1.75 bits per heavy atom. The SMILES string of the molecule is CC(=O)NC1C[N]C1. The van der Waals surface area contributed by atoms with Gasteiger partial charge in [-0.1, -0.05) is 0 Å². The Morgan fingerprint density at radius 2 is 2.38 bits per heavy atom. The lowest BCUT2D eigenvalue weighted by molar-refractivity contribution is -0.119. The van der Waals surface area contributed by atoms with Crippen molar-refractivity contribution in [2.45, 2.75) is 13.0 Å². The second-order valence-electron chi connectivity index (χ2n) is 1.99. The summed E-state index contributed by atoms with van der Waals surface area (Å²) in [6.07, 6.45) is 0. The summed E-state index contributed by atoms with van der Waals surface area (Å²) in [5.41, 5.74) is 0. The maximum Gasteiger partial charge on any atom is 0.217 e. The van der Waals surface area contributed by atoms with Gasteiger partial charge >= 0.3 is 0 Å². The first-order valence-corrected chi connectivity index (χ1v) is 2.69. The van der Waals surface area contributed by atoms with E-state index in [1.807, 2.05) is 0 Å². The van der Waals surface area contributed by atoms with Crippen molar-refractivity contribution in [3.63, 3.8) is 0 Å². The topological polar surface area (TPSA) is 43.2 Å². The molecular weight excluding hydrogens is 104 g/mol. The Kier molecular flexibility index (Phi) is 1.48. The third-order valence-electron chi connectivity index (χ3n) is 1.11. The third kappa shape index (κ3) is 1.20. The molecule has 1 aliphatic heterocycles. The van der Waals surface area contributed by atoms with Crippen LogP contribution in [-0.4, -0.2) is 25.0 Å². The first kappa shape index (κ1) is 5.56. The molecule has 0 unspecified atom stereocenters. The first-order chi connectivity index (χ1) is 3.79. The molecule has 8 heavy (non-hydrogen) atoms. The highest BCUT2D eigenvalue weighted by Gasteiger charge is 2.17. The second kappa shape index (κ2) is 2.13. The van der Waals surface area contributed by atoms with Gasteiger partial charge in [0.25, 0.3) is 0 Å². The predicted octanol–water partition coefficient (Wildman–Crippen LogP) is -0.891. The predicted molar refractivity (Wildman–Crippen MR) is 29.5 cm³/mol. The van der Waals surface area contributed by atoms with Crippen LogP contribution in [0.3, 0.4) is 0 Å². The molecular formula is C5H9N2O. The van der Waals surface area contributed by atoms with Crippen molar-refractivity contribution >= 4 is 5.91 Å². The van der Waals surface area contributed by atoms with Crippen LogP contribution in [0, 0.1) is 0 Å². The smallest absolute Gasteiger partial charge is 0.217 e. The van der Waals surface area contributed by atoms with Crippen LogP contribution in [-0.2, 0) is 4.79 Å². The quantitative estimate of drug-likeness (QED) is 0.471. The van der Waals surface area contributed by atoms with E-state index in [4.69, 9.17) is 0 Å². The summed E-state index contributed by atoms with van der Waals surface area (Å²) in [5, 5.41) is 6.68. The minimum Gasteiger partial charge on any atom is -0.351 e. The van der Waals surface area contributed by atoms with Gasteiger partial charge < -0.3 is 5.32 Å². The Bertz CT molecular complexity index is 98.6. The summed E-state index contributed by atoms with van der Waals surface area (Å²) in [4.78, 5) is 10.3. The molecule has 3 heteroatoms. The van der Waals surface area contributed by atoms with E-state index in [2.05, 4.69) is 10.6 Å². The molecule has 3 nitrogen and oxygen atoms in total. The normalized spacial score (nSPS) is 19.6. The molecule has 0 aromatic rings. The van der Waals surface area contributed by atoms with Gasteiger partial charge in [0, 0.05) is 20.0 Å². The Morgan fingerprint density at radius 3 is 2.50 bits per heavy atom. The summed E-state index contributed by atoms with van der Waals surface area (Å²) in [6.45, 7) is 3.14.